The smallest absolute Gasteiger partial charge is 0.142 e. The lowest BCUT2D eigenvalue weighted by Gasteiger charge is -2.31. The zero-order chi connectivity index (χ0) is 12.1. The number of hydrogen-bond donors (Lipinski definition) is 1. The fraction of sp³-hybridized carbons (Fsp3) is 0.643. The second kappa shape index (κ2) is 6.01. The van der Waals surface area contributed by atoms with Gasteiger partial charge in [0, 0.05) is 18.3 Å². The fourth-order valence-electron chi connectivity index (χ4n) is 2.64. The molecule has 17 heavy (non-hydrogen) atoms. The molecule has 0 aliphatic heterocycles. The first kappa shape index (κ1) is 12.4. The highest BCUT2D eigenvalue weighted by molar-refractivity contribution is 5.29. The monoisotopic (exact) mass is 234 g/mol. The normalized spacial score (nSPS) is 24.6. The number of hydrogen-bond acceptors (Lipinski definition) is 3. The average Bonchev–Trinajstić information content (AvgIpc) is 2.40. The van der Waals surface area contributed by atoms with Crippen LogP contribution in [0.4, 0.5) is 0 Å². The SMILES string of the molecule is CCC1CCCCC1Oc1cnccc1CN. The van der Waals surface area contributed by atoms with Gasteiger partial charge in [-0.1, -0.05) is 13.3 Å². The molecule has 0 saturated heterocycles. The number of nitrogens with zero attached hydrogens (tertiary/aromatic N) is 1. The second-order valence-corrected chi connectivity index (χ2v) is 4.80. The Kier molecular flexibility index (Phi) is 4.37. The molecular weight excluding hydrogens is 212 g/mol. The van der Waals surface area contributed by atoms with Gasteiger partial charge in [0.15, 0.2) is 0 Å². The van der Waals surface area contributed by atoms with Crippen molar-refractivity contribution >= 4 is 0 Å². The Morgan fingerprint density at radius 3 is 3.00 bits per heavy atom. The third kappa shape index (κ3) is 2.97. The number of ether oxygens (including phenoxy) is 1. The highest BCUT2D eigenvalue weighted by Crippen LogP contribution is 2.31. The van der Waals surface area contributed by atoms with Crippen molar-refractivity contribution in [2.75, 3.05) is 0 Å². The Balaban J connectivity index is 2.08. The molecule has 2 rings (SSSR count). The van der Waals surface area contributed by atoms with E-state index >= 15 is 0 Å². The summed E-state index contributed by atoms with van der Waals surface area (Å²) in [5.41, 5.74) is 6.77. The lowest BCUT2D eigenvalue weighted by atomic mass is 9.85. The van der Waals surface area contributed by atoms with Gasteiger partial charge in [0.2, 0.25) is 0 Å². The van der Waals surface area contributed by atoms with Crippen molar-refractivity contribution in [3.63, 3.8) is 0 Å². The van der Waals surface area contributed by atoms with Gasteiger partial charge in [-0.05, 0) is 37.7 Å². The van der Waals surface area contributed by atoms with Crippen LogP contribution >= 0.6 is 0 Å². The van der Waals surface area contributed by atoms with Crippen LogP contribution in [0.25, 0.3) is 0 Å². The Bertz CT molecular complexity index is 354. The minimum atomic E-state index is 0.350. The van der Waals surface area contributed by atoms with Gasteiger partial charge in [0.05, 0.1) is 6.20 Å². The van der Waals surface area contributed by atoms with Crippen LogP contribution in [0.3, 0.4) is 0 Å². The Hall–Kier alpha value is -1.09. The van der Waals surface area contributed by atoms with E-state index in [-0.39, 0.29) is 0 Å². The van der Waals surface area contributed by atoms with E-state index in [9.17, 15) is 0 Å². The van der Waals surface area contributed by atoms with Crippen molar-refractivity contribution in [3.8, 4) is 5.75 Å². The van der Waals surface area contributed by atoms with Gasteiger partial charge >= 0.3 is 0 Å². The van der Waals surface area contributed by atoms with Gasteiger partial charge in [-0.3, -0.25) is 4.98 Å². The van der Waals surface area contributed by atoms with E-state index in [1.54, 1.807) is 12.4 Å². The maximum absolute atomic E-state index is 6.14. The van der Waals surface area contributed by atoms with Crippen molar-refractivity contribution in [1.82, 2.24) is 4.98 Å². The first-order valence-electron chi connectivity index (χ1n) is 6.64. The standard InChI is InChI=1S/C14H22N2O/c1-2-11-5-3-4-6-13(11)17-14-10-16-8-7-12(14)9-15/h7-8,10-11,13H,2-6,9,15H2,1H3. The Morgan fingerprint density at radius 2 is 2.24 bits per heavy atom. The van der Waals surface area contributed by atoms with Crippen LogP contribution in [0.5, 0.6) is 5.75 Å². The third-order valence-electron chi connectivity index (χ3n) is 3.73. The molecule has 1 heterocycles. The largest absolute Gasteiger partial charge is 0.488 e. The highest BCUT2D eigenvalue weighted by Gasteiger charge is 2.25. The molecule has 0 spiro atoms. The molecule has 2 unspecified atom stereocenters. The molecule has 0 radical (unpaired) electrons. The van der Waals surface area contributed by atoms with E-state index in [2.05, 4.69) is 11.9 Å². The van der Waals surface area contributed by atoms with Crippen molar-refractivity contribution in [2.24, 2.45) is 11.7 Å². The van der Waals surface area contributed by atoms with Crippen molar-refractivity contribution in [2.45, 2.75) is 51.7 Å². The van der Waals surface area contributed by atoms with Crippen LogP contribution in [-0.4, -0.2) is 11.1 Å². The molecule has 0 aromatic carbocycles. The van der Waals surface area contributed by atoms with Crippen LogP contribution in [0.15, 0.2) is 18.5 Å². The predicted molar refractivity (Wildman–Crippen MR) is 68.8 cm³/mol. The summed E-state index contributed by atoms with van der Waals surface area (Å²) in [4.78, 5) is 4.13. The van der Waals surface area contributed by atoms with Gasteiger partial charge in [0.1, 0.15) is 11.9 Å². The summed E-state index contributed by atoms with van der Waals surface area (Å²) in [6, 6.07) is 1.94. The van der Waals surface area contributed by atoms with E-state index in [0.29, 0.717) is 18.6 Å². The second-order valence-electron chi connectivity index (χ2n) is 4.80. The fourth-order valence-corrected chi connectivity index (χ4v) is 2.64. The molecule has 0 amide bonds. The van der Waals surface area contributed by atoms with E-state index in [4.69, 9.17) is 10.5 Å². The van der Waals surface area contributed by atoms with Crippen LogP contribution in [0, 0.1) is 5.92 Å². The lowest BCUT2D eigenvalue weighted by Crippen LogP contribution is -2.30. The van der Waals surface area contributed by atoms with Crippen molar-refractivity contribution < 1.29 is 4.74 Å². The van der Waals surface area contributed by atoms with Crippen LogP contribution in [-0.2, 0) is 6.54 Å². The maximum Gasteiger partial charge on any atom is 0.142 e. The molecule has 2 N–H and O–H groups in total. The maximum atomic E-state index is 6.14. The molecule has 2 atom stereocenters. The summed E-state index contributed by atoms with van der Waals surface area (Å²) in [5.74, 6) is 1.56. The Labute approximate surface area is 103 Å². The first-order valence-corrected chi connectivity index (χ1v) is 6.64. The molecule has 1 aliphatic carbocycles. The molecule has 1 aromatic heterocycles. The summed E-state index contributed by atoms with van der Waals surface area (Å²) in [5, 5.41) is 0. The van der Waals surface area contributed by atoms with Crippen LogP contribution in [0.1, 0.15) is 44.6 Å². The minimum Gasteiger partial charge on any atom is -0.488 e. The summed E-state index contributed by atoms with van der Waals surface area (Å²) in [6.07, 6.45) is 10.2. The summed E-state index contributed by atoms with van der Waals surface area (Å²) in [7, 11) is 0. The van der Waals surface area contributed by atoms with Crippen molar-refractivity contribution in [1.29, 1.82) is 0 Å². The van der Waals surface area contributed by atoms with Gasteiger partial charge in [-0.2, -0.15) is 0 Å². The van der Waals surface area contributed by atoms with E-state index in [1.807, 2.05) is 6.07 Å². The highest BCUT2D eigenvalue weighted by atomic mass is 16.5. The number of rotatable bonds is 4. The predicted octanol–water partition coefficient (Wildman–Crippen LogP) is 2.89. The van der Waals surface area contributed by atoms with Crippen LogP contribution < -0.4 is 10.5 Å². The molecule has 1 aromatic rings. The van der Waals surface area contributed by atoms with Gasteiger partial charge < -0.3 is 10.5 Å². The molecule has 3 nitrogen and oxygen atoms in total. The van der Waals surface area contributed by atoms with Gasteiger partial charge in [-0.15, -0.1) is 0 Å². The molecule has 3 heteroatoms. The molecule has 0 bridgehead atoms. The molecule has 1 aliphatic rings. The quantitative estimate of drug-likeness (QED) is 0.871. The number of aromatic nitrogens is 1. The summed E-state index contributed by atoms with van der Waals surface area (Å²) < 4.78 is 6.14. The number of pyridine rings is 1. The first-order chi connectivity index (χ1) is 8.35. The third-order valence-corrected chi connectivity index (χ3v) is 3.73. The number of nitrogens with two attached hydrogens (primary N) is 1. The van der Waals surface area contributed by atoms with Crippen molar-refractivity contribution in [3.05, 3.63) is 24.0 Å². The lowest BCUT2D eigenvalue weighted by molar-refractivity contribution is 0.0890. The topological polar surface area (TPSA) is 48.1 Å². The van der Waals surface area contributed by atoms with E-state index < -0.39 is 0 Å². The molecule has 1 saturated carbocycles. The Morgan fingerprint density at radius 1 is 1.41 bits per heavy atom. The zero-order valence-corrected chi connectivity index (χ0v) is 10.6. The van der Waals surface area contributed by atoms with Crippen LogP contribution in [0.2, 0.25) is 0 Å². The minimum absolute atomic E-state index is 0.350. The summed E-state index contributed by atoms with van der Waals surface area (Å²) in [6.45, 7) is 2.76. The van der Waals surface area contributed by atoms with Gasteiger partial charge in [0.25, 0.3) is 0 Å². The molecular formula is C14H22N2O. The zero-order valence-electron chi connectivity index (χ0n) is 10.6. The molecule has 94 valence electrons. The average molecular weight is 234 g/mol. The van der Waals surface area contributed by atoms with E-state index in [1.165, 1.54) is 25.7 Å². The molecule has 1 fully saturated rings. The van der Waals surface area contributed by atoms with Gasteiger partial charge in [-0.25, -0.2) is 0 Å². The summed E-state index contributed by atoms with van der Waals surface area (Å²) >= 11 is 0. The van der Waals surface area contributed by atoms with E-state index in [0.717, 1.165) is 17.7 Å².